The number of hydrogen-bond donors (Lipinski definition) is 1. The van der Waals surface area contributed by atoms with Crippen molar-refractivity contribution in [2.75, 3.05) is 11.9 Å². The van der Waals surface area contributed by atoms with Gasteiger partial charge in [0.15, 0.2) is 16.3 Å². The average molecular weight is 296 g/mol. The molecule has 1 N–H and O–H groups in total. The number of aromatic nitrogens is 2. The molecule has 0 spiro atoms. The predicted octanol–water partition coefficient (Wildman–Crippen LogP) is 3.63. The van der Waals surface area contributed by atoms with Crippen LogP contribution in [0.5, 0.6) is 0 Å². The number of halogens is 1. The van der Waals surface area contributed by atoms with Crippen LogP contribution < -0.4 is 5.32 Å². The van der Waals surface area contributed by atoms with E-state index in [9.17, 15) is 0 Å². The van der Waals surface area contributed by atoms with Gasteiger partial charge in [0.25, 0.3) is 0 Å². The highest BCUT2D eigenvalue weighted by Gasteiger charge is 2.08. The van der Waals surface area contributed by atoms with Crippen LogP contribution in [-0.2, 0) is 0 Å². The number of rotatable bonds is 4. The number of hydrogen-bond acceptors (Lipinski definition) is 4. The maximum Gasteiger partial charge on any atom is 0.197 e. The second-order valence-corrected chi connectivity index (χ2v) is 4.53. The van der Waals surface area contributed by atoms with Gasteiger partial charge in [-0.05, 0) is 41.4 Å². The summed E-state index contributed by atoms with van der Waals surface area (Å²) >= 11 is 3.27. The molecule has 2 aromatic heterocycles. The Morgan fingerprint density at radius 3 is 2.82 bits per heavy atom. The number of aryl methyl sites for hydroxylation is 1. The fraction of sp³-hybridized carbons (Fsp3) is 0.333. The molecular weight excluding hydrogens is 282 g/mol. The Balaban J connectivity index is 2.31. The summed E-state index contributed by atoms with van der Waals surface area (Å²) in [5.41, 5.74) is 0.918. The van der Waals surface area contributed by atoms with Crippen LogP contribution in [0, 0.1) is 6.92 Å². The number of nitrogens with zero attached hydrogens (tertiary/aromatic N) is 2. The van der Waals surface area contributed by atoms with Crippen molar-refractivity contribution in [2.24, 2.45) is 0 Å². The highest BCUT2D eigenvalue weighted by atomic mass is 79.9. The first-order valence-corrected chi connectivity index (χ1v) is 6.33. The zero-order chi connectivity index (χ0) is 12.3. The molecule has 0 saturated heterocycles. The second kappa shape index (κ2) is 5.31. The van der Waals surface area contributed by atoms with E-state index < -0.39 is 0 Å². The Hall–Kier alpha value is -1.36. The topological polar surface area (TPSA) is 51.0 Å². The minimum absolute atomic E-state index is 0.606. The monoisotopic (exact) mass is 295 g/mol. The molecule has 0 saturated carbocycles. The first-order valence-electron chi connectivity index (χ1n) is 5.54. The predicted molar refractivity (Wildman–Crippen MR) is 71.0 cm³/mol. The Bertz CT molecular complexity index is 510. The van der Waals surface area contributed by atoms with E-state index in [1.165, 1.54) is 0 Å². The van der Waals surface area contributed by atoms with Crippen LogP contribution in [0.4, 0.5) is 5.82 Å². The van der Waals surface area contributed by atoms with E-state index in [0.717, 1.165) is 24.5 Å². The second-order valence-electron chi connectivity index (χ2n) is 3.75. The summed E-state index contributed by atoms with van der Waals surface area (Å²) in [4.78, 5) is 8.78. The lowest BCUT2D eigenvalue weighted by Gasteiger charge is -2.06. The zero-order valence-corrected chi connectivity index (χ0v) is 11.4. The van der Waals surface area contributed by atoms with Crippen LogP contribution >= 0.6 is 15.9 Å². The lowest BCUT2D eigenvalue weighted by Crippen LogP contribution is -2.04. The van der Waals surface area contributed by atoms with Crippen LogP contribution in [-0.4, -0.2) is 16.5 Å². The summed E-state index contributed by atoms with van der Waals surface area (Å²) in [7, 11) is 0. The molecule has 0 aromatic carbocycles. The van der Waals surface area contributed by atoms with Crippen LogP contribution in [0.15, 0.2) is 27.3 Å². The van der Waals surface area contributed by atoms with Crippen LogP contribution in [0.1, 0.15) is 19.0 Å². The molecule has 0 fully saturated rings. The van der Waals surface area contributed by atoms with Gasteiger partial charge in [-0.1, -0.05) is 6.92 Å². The Labute approximate surface area is 109 Å². The first kappa shape index (κ1) is 12.1. The molecule has 0 aliphatic heterocycles. The third kappa shape index (κ3) is 3.06. The van der Waals surface area contributed by atoms with Crippen molar-refractivity contribution >= 4 is 21.7 Å². The fourth-order valence-corrected chi connectivity index (χ4v) is 1.76. The quantitative estimate of drug-likeness (QED) is 0.936. The normalized spacial score (nSPS) is 10.5. The highest BCUT2D eigenvalue weighted by molar-refractivity contribution is 9.10. The lowest BCUT2D eigenvalue weighted by atomic mass is 10.3. The maximum atomic E-state index is 5.45. The molecule has 17 heavy (non-hydrogen) atoms. The first-order chi connectivity index (χ1) is 8.19. The van der Waals surface area contributed by atoms with Gasteiger partial charge in [-0.3, -0.25) is 0 Å². The van der Waals surface area contributed by atoms with Gasteiger partial charge in [0, 0.05) is 18.3 Å². The van der Waals surface area contributed by atoms with Crippen molar-refractivity contribution in [3.63, 3.8) is 0 Å². The third-order valence-electron chi connectivity index (χ3n) is 2.20. The molecule has 4 nitrogen and oxygen atoms in total. The molecule has 90 valence electrons. The molecule has 2 aromatic rings. The minimum atomic E-state index is 0.606. The van der Waals surface area contributed by atoms with E-state index in [4.69, 9.17) is 4.42 Å². The average Bonchev–Trinajstić information content (AvgIpc) is 2.72. The van der Waals surface area contributed by atoms with Crippen molar-refractivity contribution in [1.29, 1.82) is 0 Å². The summed E-state index contributed by atoms with van der Waals surface area (Å²) in [6.07, 6.45) is 1.06. The molecule has 0 amide bonds. The molecular formula is C12H14BrN3O. The summed E-state index contributed by atoms with van der Waals surface area (Å²) in [5.74, 6) is 2.11. The van der Waals surface area contributed by atoms with Gasteiger partial charge < -0.3 is 9.73 Å². The Kier molecular flexibility index (Phi) is 3.78. The van der Waals surface area contributed by atoms with Gasteiger partial charge >= 0.3 is 0 Å². The highest BCUT2D eigenvalue weighted by Crippen LogP contribution is 2.23. The van der Waals surface area contributed by atoms with Crippen molar-refractivity contribution in [1.82, 2.24) is 9.97 Å². The standard InChI is InChI=1S/C12H14BrN3O/c1-3-6-14-11-7-8(2)15-12(16-11)9-4-5-10(13)17-9/h4-5,7H,3,6H2,1-2H3,(H,14,15,16). The summed E-state index contributed by atoms with van der Waals surface area (Å²) in [6.45, 7) is 4.96. The number of nitrogens with one attached hydrogen (secondary N) is 1. The molecule has 2 heterocycles. The SMILES string of the molecule is CCCNc1cc(C)nc(-c2ccc(Br)o2)n1. The zero-order valence-electron chi connectivity index (χ0n) is 9.83. The van der Waals surface area contributed by atoms with Crippen LogP contribution in [0.25, 0.3) is 11.6 Å². The fourth-order valence-electron chi connectivity index (χ4n) is 1.46. The van der Waals surface area contributed by atoms with Gasteiger partial charge in [-0.15, -0.1) is 0 Å². The lowest BCUT2D eigenvalue weighted by molar-refractivity contribution is 0.551. The smallest absolute Gasteiger partial charge is 0.197 e. The van der Waals surface area contributed by atoms with Crippen molar-refractivity contribution < 1.29 is 4.42 Å². The van der Waals surface area contributed by atoms with Gasteiger partial charge in [0.05, 0.1) is 0 Å². The molecule has 0 aliphatic rings. The van der Waals surface area contributed by atoms with E-state index in [1.807, 2.05) is 25.1 Å². The van der Waals surface area contributed by atoms with Gasteiger partial charge in [-0.25, -0.2) is 9.97 Å². The molecule has 0 aliphatic carbocycles. The third-order valence-corrected chi connectivity index (χ3v) is 2.63. The molecule has 0 atom stereocenters. The molecule has 0 bridgehead atoms. The maximum absolute atomic E-state index is 5.45. The van der Waals surface area contributed by atoms with Crippen LogP contribution in [0.2, 0.25) is 0 Å². The number of furan rings is 1. The van der Waals surface area contributed by atoms with Gasteiger partial charge in [0.2, 0.25) is 0 Å². The minimum Gasteiger partial charge on any atom is -0.446 e. The summed E-state index contributed by atoms with van der Waals surface area (Å²) < 4.78 is 6.13. The van der Waals surface area contributed by atoms with Crippen LogP contribution in [0.3, 0.4) is 0 Å². The van der Waals surface area contributed by atoms with Gasteiger partial charge in [0.1, 0.15) is 5.82 Å². The largest absolute Gasteiger partial charge is 0.446 e. The van der Waals surface area contributed by atoms with E-state index in [2.05, 4.69) is 38.1 Å². The summed E-state index contributed by atoms with van der Waals surface area (Å²) in [5, 5.41) is 3.25. The molecule has 5 heteroatoms. The molecule has 0 radical (unpaired) electrons. The van der Waals surface area contributed by atoms with Crippen molar-refractivity contribution in [3.8, 4) is 11.6 Å². The van der Waals surface area contributed by atoms with Gasteiger partial charge in [-0.2, -0.15) is 0 Å². The van der Waals surface area contributed by atoms with E-state index in [-0.39, 0.29) is 0 Å². The Morgan fingerprint density at radius 2 is 2.18 bits per heavy atom. The Morgan fingerprint density at radius 1 is 1.35 bits per heavy atom. The molecule has 0 unspecified atom stereocenters. The van der Waals surface area contributed by atoms with E-state index >= 15 is 0 Å². The number of anilines is 1. The van der Waals surface area contributed by atoms with E-state index in [0.29, 0.717) is 16.3 Å². The molecule has 2 rings (SSSR count). The van der Waals surface area contributed by atoms with Crippen molar-refractivity contribution in [3.05, 3.63) is 28.6 Å². The van der Waals surface area contributed by atoms with Crippen molar-refractivity contribution in [2.45, 2.75) is 20.3 Å². The summed E-state index contributed by atoms with van der Waals surface area (Å²) in [6, 6.07) is 5.61. The van der Waals surface area contributed by atoms with E-state index in [1.54, 1.807) is 0 Å².